The van der Waals surface area contributed by atoms with Crippen molar-refractivity contribution in [3.63, 3.8) is 0 Å². The fourth-order valence-corrected chi connectivity index (χ4v) is 2.63. The summed E-state index contributed by atoms with van der Waals surface area (Å²) in [6, 6.07) is 3.25. The number of nitrogens with one attached hydrogen (secondary N) is 1. The second kappa shape index (κ2) is 5.56. The van der Waals surface area contributed by atoms with Crippen LogP contribution in [0.2, 0.25) is 0 Å². The SMILES string of the molecule is O=C(CC1(C(=O)O)CCCC1)Nc1c(F)cccc1F. The molecular weight excluding hydrogens is 268 g/mol. The number of hydrogen-bond donors (Lipinski definition) is 2. The molecule has 2 N–H and O–H groups in total. The maximum Gasteiger partial charge on any atom is 0.310 e. The quantitative estimate of drug-likeness (QED) is 0.892. The van der Waals surface area contributed by atoms with Gasteiger partial charge >= 0.3 is 5.97 Å². The fraction of sp³-hybridized carbons (Fsp3) is 0.429. The molecule has 2 rings (SSSR count). The van der Waals surface area contributed by atoms with Crippen molar-refractivity contribution in [1.29, 1.82) is 0 Å². The molecule has 1 fully saturated rings. The smallest absolute Gasteiger partial charge is 0.310 e. The van der Waals surface area contributed by atoms with Crippen molar-refractivity contribution in [2.45, 2.75) is 32.1 Å². The third kappa shape index (κ3) is 2.79. The van der Waals surface area contributed by atoms with Crippen molar-refractivity contribution in [1.82, 2.24) is 0 Å². The number of carbonyl (C=O) groups is 2. The Morgan fingerprint density at radius 1 is 1.20 bits per heavy atom. The summed E-state index contributed by atoms with van der Waals surface area (Å²) in [7, 11) is 0. The second-order valence-corrected chi connectivity index (χ2v) is 5.11. The van der Waals surface area contributed by atoms with E-state index in [1.807, 2.05) is 0 Å². The summed E-state index contributed by atoms with van der Waals surface area (Å²) in [6.45, 7) is 0. The van der Waals surface area contributed by atoms with Crippen LogP contribution in [0.1, 0.15) is 32.1 Å². The first-order chi connectivity index (χ1) is 9.44. The number of anilines is 1. The Labute approximate surface area is 114 Å². The van der Waals surface area contributed by atoms with Gasteiger partial charge in [0.05, 0.1) is 5.41 Å². The zero-order chi connectivity index (χ0) is 14.8. The highest BCUT2D eigenvalue weighted by Crippen LogP contribution is 2.41. The molecule has 0 aromatic heterocycles. The number of amides is 1. The second-order valence-electron chi connectivity index (χ2n) is 5.11. The van der Waals surface area contributed by atoms with Gasteiger partial charge in [0.1, 0.15) is 17.3 Å². The van der Waals surface area contributed by atoms with E-state index in [9.17, 15) is 23.5 Å². The van der Waals surface area contributed by atoms with Gasteiger partial charge in [-0.05, 0) is 25.0 Å². The number of benzene rings is 1. The number of carboxylic acids is 1. The molecule has 0 heterocycles. The van der Waals surface area contributed by atoms with Crippen molar-refractivity contribution in [3.8, 4) is 0 Å². The lowest BCUT2D eigenvalue weighted by molar-refractivity contribution is -0.150. The standard InChI is InChI=1S/C14H15F2NO3/c15-9-4-3-5-10(16)12(9)17-11(18)8-14(13(19)20)6-1-2-7-14/h3-5H,1-2,6-8H2,(H,17,18)(H,19,20). The molecule has 0 atom stereocenters. The highest BCUT2D eigenvalue weighted by atomic mass is 19.1. The van der Waals surface area contributed by atoms with Crippen molar-refractivity contribution in [2.24, 2.45) is 5.41 Å². The van der Waals surface area contributed by atoms with Crippen molar-refractivity contribution >= 4 is 17.6 Å². The van der Waals surface area contributed by atoms with Crippen LogP contribution in [-0.4, -0.2) is 17.0 Å². The van der Waals surface area contributed by atoms with Gasteiger partial charge in [-0.15, -0.1) is 0 Å². The van der Waals surface area contributed by atoms with E-state index in [1.165, 1.54) is 6.07 Å². The third-order valence-electron chi connectivity index (χ3n) is 3.74. The van der Waals surface area contributed by atoms with Crippen LogP contribution in [0.25, 0.3) is 0 Å². The Morgan fingerprint density at radius 2 is 1.75 bits per heavy atom. The molecule has 1 aromatic carbocycles. The van der Waals surface area contributed by atoms with E-state index >= 15 is 0 Å². The molecule has 0 radical (unpaired) electrons. The number of halogens is 2. The average molecular weight is 283 g/mol. The molecule has 4 nitrogen and oxygen atoms in total. The molecule has 0 aliphatic heterocycles. The van der Waals surface area contributed by atoms with Gasteiger partial charge in [0.25, 0.3) is 0 Å². The number of aliphatic carboxylic acids is 1. The average Bonchev–Trinajstić information content (AvgIpc) is 2.84. The minimum Gasteiger partial charge on any atom is -0.481 e. The molecule has 6 heteroatoms. The summed E-state index contributed by atoms with van der Waals surface area (Å²) in [5.74, 6) is -3.47. The predicted molar refractivity (Wildman–Crippen MR) is 68.1 cm³/mol. The summed E-state index contributed by atoms with van der Waals surface area (Å²) in [5.41, 5.74) is -1.64. The first kappa shape index (κ1) is 14.4. The number of carboxylic acid groups (broad SMARTS) is 1. The molecule has 1 aliphatic carbocycles. The highest BCUT2D eigenvalue weighted by molar-refractivity contribution is 5.94. The van der Waals surface area contributed by atoms with Crippen molar-refractivity contribution in [3.05, 3.63) is 29.8 Å². The monoisotopic (exact) mass is 283 g/mol. The Bertz CT molecular complexity index is 519. The van der Waals surface area contributed by atoms with Crippen LogP contribution in [0.3, 0.4) is 0 Å². The van der Waals surface area contributed by atoms with E-state index < -0.39 is 34.6 Å². The van der Waals surface area contributed by atoms with Gasteiger partial charge < -0.3 is 10.4 Å². The third-order valence-corrected chi connectivity index (χ3v) is 3.74. The van der Waals surface area contributed by atoms with Crippen LogP contribution < -0.4 is 5.32 Å². The largest absolute Gasteiger partial charge is 0.481 e. The Hall–Kier alpha value is -1.98. The fourth-order valence-electron chi connectivity index (χ4n) is 2.63. The first-order valence-corrected chi connectivity index (χ1v) is 6.42. The molecule has 0 saturated heterocycles. The molecule has 1 aliphatic rings. The normalized spacial score (nSPS) is 16.9. The van der Waals surface area contributed by atoms with Crippen LogP contribution in [0.15, 0.2) is 18.2 Å². The van der Waals surface area contributed by atoms with Crippen LogP contribution in [0, 0.1) is 17.0 Å². The Balaban J connectivity index is 2.11. The lowest BCUT2D eigenvalue weighted by Crippen LogP contribution is -2.33. The van der Waals surface area contributed by atoms with E-state index in [0.29, 0.717) is 12.8 Å². The summed E-state index contributed by atoms with van der Waals surface area (Å²) >= 11 is 0. The molecule has 1 amide bonds. The van der Waals surface area contributed by atoms with Crippen LogP contribution in [0.5, 0.6) is 0 Å². The summed E-state index contributed by atoms with van der Waals surface area (Å²) < 4.78 is 26.8. The molecule has 20 heavy (non-hydrogen) atoms. The van der Waals surface area contributed by atoms with E-state index in [4.69, 9.17) is 0 Å². The van der Waals surface area contributed by atoms with Gasteiger partial charge in [-0.2, -0.15) is 0 Å². The van der Waals surface area contributed by atoms with Gasteiger partial charge in [-0.25, -0.2) is 8.78 Å². The summed E-state index contributed by atoms with van der Waals surface area (Å²) in [4.78, 5) is 23.2. The number of hydrogen-bond acceptors (Lipinski definition) is 2. The van der Waals surface area contributed by atoms with Gasteiger partial charge in [-0.3, -0.25) is 9.59 Å². The topological polar surface area (TPSA) is 66.4 Å². The summed E-state index contributed by atoms with van der Waals surface area (Å²) in [6.07, 6.45) is 2.04. The van der Waals surface area contributed by atoms with E-state index in [-0.39, 0.29) is 6.42 Å². The van der Waals surface area contributed by atoms with Crippen molar-refractivity contribution in [2.75, 3.05) is 5.32 Å². The molecule has 0 bridgehead atoms. The first-order valence-electron chi connectivity index (χ1n) is 6.42. The van der Waals surface area contributed by atoms with Gasteiger partial charge in [0, 0.05) is 6.42 Å². The minimum absolute atomic E-state index is 0.268. The molecule has 1 aromatic rings. The van der Waals surface area contributed by atoms with Crippen molar-refractivity contribution < 1.29 is 23.5 Å². The van der Waals surface area contributed by atoms with Gasteiger partial charge in [0.2, 0.25) is 5.91 Å². The molecule has 1 saturated carbocycles. The van der Waals surface area contributed by atoms with Crippen LogP contribution in [0.4, 0.5) is 14.5 Å². The van der Waals surface area contributed by atoms with E-state index in [1.54, 1.807) is 0 Å². The number of para-hydroxylation sites is 1. The molecule has 0 spiro atoms. The molecule has 0 unspecified atom stereocenters. The zero-order valence-electron chi connectivity index (χ0n) is 10.8. The Kier molecular flexibility index (Phi) is 4.01. The van der Waals surface area contributed by atoms with E-state index in [2.05, 4.69) is 5.32 Å². The predicted octanol–water partition coefficient (Wildman–Crippen LogP) is 2.94. The van der Waals surface area contributed by atoms with E-state index in [0.717, 1.165) is 25.0 Å². The molecular formula is C14H15F2NO3. The Morgan fingerprint density at radius 3 is 2.25 bits per heavy atom. The maximum atomic E-state index is 13.4. The lowest BCUT2D eigenvalue weighted by Gasteiger charge is -2.22. The van der Waals surface area contributed by atoms with Crippen LogP contribution >= 0.6 is 0 Å². The highest BCUT2D eigenvalue weighted by Gasteiger charge is 2.43. The van der Waals surface area contributed by atoms with Crippen LogP contribution in [-0.2, 0) is 9.59 Å². The lowest BCUT2D eigenvalue weighted by atomic mass is 9.82. The molecule has 108 valence electrons. The number of rotatable bonds is 4. The minimum atomic E-state index is -1.11. The maximum absolute atomic E-state index is 13.4. The van der Waals surface area contributed by atoms with Gasteiger partial charge in [-0.1, -0.05) is 18.9 Å². The van der Waals surface area contributed by atoms with Gasteiger partial charge in [0.15, 0.2) is 0 Å². The number of carbonyl (C=O) groups excluding carboxylic acids is 1. The zero-order valence-corrected chi connectivity index (χ0v) is 10.8. The summed E-state index contributed by atoms with van der Waals surface area (Å²) in [5, 5.41) is 11.4.